The number of rotatable bonds is 5. The van der Waals surface area contributed by atoms with Crippen LogP contribution in [0.1, 0.15) is 29.2 Å². The molecular formula is C27H22ClN3O3S. The Morgan fingerprint density at radius 2 is 1.57 bits per heavy atom. The molecule has 8 heteroatoms. The van der Waals surface area contributed by atoms with E-state index < -0.39 is 0 Å². The Balaban J connectivity index is 1.54. The molecule has 0 radical (unpaired) electrons. The summed E-state index contributed by atoms with van der Waals surface area (Å²) in [6.45, 7) is 0. The predicted octanol–water partition coefficient (Wildman–Crippen LogP) is 6.81. The van der Waals surface area contributed by atoms with E-state index in [4.69, 9.17) is 26.2 Å². The molecule has 0 saturated heterocycles. The van der Waals surface area contributed by atoms with Gasteiger partial charge in [-0.3, -0.25) is 4.79 Å². The van der Waals surface area contributed by atoms with Gasteiger partial charge in [-0.2, -0.15) is 10.1 Å². The molecule has 35 heavy (non-hydrogen) atoms. The number of halogens is 1. The first-order valence-corrected chi connectivity index (χ1v) is 12.2. The third-order valence-corrected chi connectivity index (χ3v) is 6.87. The predicted molar refractivity (Wildman–Crippen MR) is 142 cm³/mol. The number of aliphatic imine (C=N–C) groups is 1. The van der Waals surface area contributed by atoms with Gasteiger partial charge in [0.1, 0.15) is 11.5 Å². The van der Waals surface area contributed by atoms with Crippen LogP contribution in [-0.2, 0) is 0 Å². The number of benzene rings is 3. The van der Waals surface area contributed by atoms with Gasteiger partial charge in [0, 0.05) is 11.4 Å². The molecule has 2 aliphatic rings. The van der Waals surface area contributed by atoms with E-state index in [-0.39, 0.29) is 11.3 Å². The van der Waals surface area contributed by atoms with Crippen molar-refractivity contribution in [3.63, 3.8) is 0 Å². The number of methoxy groups -OCH3 is 2. The van der Waals surface area contributed by atoms with E-state index in [1.165, 1.54) is 0 Å². The number of hydrazone groups is 1. The van der Waals surface area contributed by atoms with Gasteiger partial charge in [0.25, 0.3) is 0 Å². The first-order chi connectivity index (χ1) is 17.0. The SMILES string of the molecule is COc1ccc(/C=C2\SC(=O)N=C2N2N=C(c3ccc(OC)cc3)CC2c2ccc(Cl)cc2)cc1. The molecule has 0 bridgehead atoms. The molecule has 3 aromatic rings. The van der Waals surface area contributed by atoms with E-state index in [0.717, 1.165) is 50.6 Å². The molecule has 0 aliphatic carbocycles. The van der Waals surface area contributed by atoms with Gasteiger partial charge in [0.05, 0.1) is 30.9 Å². The number of hydrogen-bond acceptors (Lipinski definition) is 6. The summed E-state index contributed by atoms with van der Waals surface area (Å²) in [5.74, 6) is 2.09. The molecule has 0 aromatic heterocycles. The van der Waals surface area contributed by atoms with E-state index in [1.807, 2.05) is 83.9 Å². The molecule has 0 saturated carbocycles. The summed E-state index contributed by atoms with van der Waals surface area (Å²) in [5, 5.41) is 7.21. The van der Waals surface area contributed by atoms with Crippen LogP contribution in [0, 0.1) is 0 Å². The Bertz CT molecular complexity index is 1330. The highest BCUT2D eigenvalue weighted by molar-refractivity contribution is 8.18. The van der Waals surface area contributed by atoms with Gasteiger partial charge in [-0.1, -0.05) is 35.9 Å². The van der Waals surface area contributed by atoms with Gasteiger partial charge < -0.3 is 9.47 Å². The van der Waals surface area contributed by atoms with Gasteiger partial charge in [0.15, 0.2) is 5.84 Å². The zero-order chi connectivity index (χ0) is 24.4. The third kappa shape index (κ3) is 4.97. The Labute approximate surface area is 212 Å². The van der Waals surface area contributed by atoms with Crippen LogP contribution < -0.4 is 9.47 Å². The van der Waals surface area contributed by atoms with Gasteiger partial charge in [-0.05, 0) is 83.1 Å². The molecule has 1 unspecified atom stereocenters. The topological polar surface area (TPSA) is 63.5 Å². The Kier molecular flexibility index (Phi) is 6.61. The van der Waals surface area contributed by atoms with Gasteiger partial charge >= 0.3 is 5.24 Å². The second-order valence-electron chi connectivity index (χ2n) is 7.98. The number of thioether (sulfide) groups is 1. The summed E-state index contributed by atoms with van der Waals surface area (Å²) in [6.07, 6.45) is 2.61. The molecule has 2 heterocycles. The van der Waals surface area contributed by atoms with Crippen molar-refractivity contribution in [2.45, 2.75) is 12.5 Å². The third-order valence-electron chi connectivity index (χ3n) is 5.83. The van der Waals surface area contributed by atoms with Gasteiger partial charge in [0.2, 0.25) is 0 Å². The van der Waals surface area contributed by atoms with Crippen LogP contribution in [0.3, 0.4) is 0 Å². The number of amides is 1. The van der Waals surface area contributed by atoms with E-state index in [9.17, 15) is 4.79 Å². The fraction of sp³-hybridized carbons (Fsp3) is 0.148. The van der Waals surface area contributed by atoms with Crippen LogP contribution in [0.4, 0.5) is 4.79 Å². The van der Waals surface area contributed by atoms with Crippen LogP contribution in [0.2, 0.25) is 5.02 Å². The fourth-order valence-corrected chi connectivity index (χ4v) is 4.89. The van der Waals surface area contributed by atoms with E-state index in [2.05, 4.69) is 4.99 Å². The van der Waals surface area contributed by atoms with Gasteiger partial charge in [-0.15, -0.1) is 0 Å². The highest BCUT2D eigenvalue weighted by Crippen LogP contribution is 2.40. The van der Waals surface area contributed by atoms with Crippen molar-refractivity contribution in [3.05, 3.63) is 99.4 Å². The minimum Gasteiger partial charge on any atom is -0.497 e. The molecule has 6 nitrogen and oxygen atoms in total. The normalized spacial score (nSPS) is 18.6. The minimum absolute atomic E-state index is 0.131. The Morgan fingerprint density at radius 3 is 2.20 bits per heavy atom. The van der Waals surface area contributed by atoms with Crippen molar-refractivity contribution in [3.8, 4) is 11.5 Å². The van der Waals surface area contributed by atoms with Crippen LogP contribution in [-0.4, -0.2) is 36.0 Å². The number of amidine groups is 1. The molecule has 1 amide bonds. The van der Waals surface area contributed by atoms with E-state index in [1.54, 1.807) is 14.2 Å². The lowest BCUT2D eigenvalue weighted by Gasteiger charge is -2.24. The van der Waals surface area contributed by atoms with Gasteiger partial charge in [-0.25, -0.2) is 5.01 Å². The number of hydrogen-bond donors (Lipinski definition) is 0. The molecule has 2 aliphatic heterocycles. The highest BCUT2D eigenvalue weighted by Gasteiger charge is 2.36. The van der Waals surface area contributed by atoms with Crippen LogP contribution in [0.15, 0.2) is 87.8 Å². The van der Waals surface area contributed by atoms with Crippen molar-refractivity contribution in [2.24, 2.45) is 10.1 Å². The maximum atomic E-state index is 12.4. The van der Waals surface area contributed by atoms with Crippen molar-refractivity contribution in [1.82, 2.24) is 5.01 Å². The van der Waals surface area contributed by atoms with E-state index in [0.29, 0.717) is 17.3 Å². The van der Waals surface area contributed by atoms with Crippen molar-refractivity contribution < 1.29 is 14.3 Å². The number of nitrogens with zero attached hydrogens (tertiary/aromatic N) is 3. The summed E-state index contributed by atoms with van der Waals surface area (Å²) in [5.41, 5.74) is 3.88. The van der Waals surface area contributed by atoms with Crippen molar-refractivity contribution in [2.75, 3.05) is 14.2 Å². The monoisotopic (exact) mass is 503 g/mol. The van der Waals surface area contributed by atoms with Crippen LogP contribution in [0.5, 0.6) is 11.5 Å². The summed E-state index contributed by atoms with van der Waals surface area (Å²) in [7, 11) is 3.27. The number of carbonyl (C=O) groups is 1. The average Bonchev–Trinajstić information content (AvgIpc) is 3.48. The smallest absolute Gasteiger partial charge is 0.311 e. The zero-order valence-corrected chi connectivity index (χ0v) is 20.7. The lowest BCUT2D eigenvalue weighted by Crippen LogP contribution is -2.26. The lowest BCUT2D eigenvalue weighted by molar-refractivity contribution is 0.267. The molecule has 0 spiro atoms. The van der Waals surface area contributed by atoms with Crippen LogP contribution >= 0.6 is 23.4 Å². The summed E-state index contributed by atoms with van der Waals surface area (Å²) in [6, 6.07) is 23.1. The number of carbonyl (C=O) groups excluding carboxylic acids is 1. The first-order valence-electron chi connectivity index (χ1n) is 11.0. The standard InChI is InChI=1S/C27H22ClN3O3S/c1-33-21-11-3-17(4-12-21)15-25-26(29-27(32)35-25)31-24(19-5-9-20(28)10-6-19)16-23(30-31)18-7-13-22(34-2)14-8-18/h3-15,24H,16H2,1-2H3/b25-15-. The molecule has 176 valence electrons. The molecule has 0 fully saturated rings. The number of ether oxygens (including phenoxy) is 2. The maximum absolute atomic E-state index is 12.4. The maximum Gasteiger partial charge on any atom is 0.311 e. The minimum atomic E-state index is -0.261. The molecule has 0 N–H and O–H groups in total. The van der Waals surface area contributed by atoms with Crippen LogP contribution in [0.25, 0.3) is 6.08 Å². The quantitative estimate of drug-likeness (QED) is 0.382. The second-order valence-corrected chi connectivity index (χ2v) is 9.41. The Hall–Kier alpha value is -3.55. The Morgan fingerprint density at radius 1 is 0.943 bits per heavy atom. The summed E-state index contributed by atoms with van der Waals surface area (Å²) < 4.78 is 10.5. The fourth-order valence-electron chi connectivity index (χ4n) is 4.02. The molecular weight excluding hydrogens is 482 g/mol. The largest absolute Gasteiger partial charge is 0.497 e. The van der Waals surface area contributed by atoms with Crippen molar-refractivity contribution in [1.29, 1.82) is 0 Å². The zero-order valence-electron chi connectivity index (χ0n) is 19.1. The summed E-state index contributed by atoms with van der Waals surface area (Å²) in [4.78, 5) is 17.5. The molecule has 1 atom stereocenters. The summed E-state index contributed by atoms with van der Waals surface area (Å²) >= 11 is 7.25. The molecule has 3 aromatic carbocycles. The van der Waals surface area contributed by atoms with E-state index >= 15 is 0 Å². The molecule has 5 rings (SSSR count). The first kappa shape index (κ1) is 23.2. The second kappa shape index (κ2) is 9.98. The lowest BCUT2D eigenvalue weighted by atomic mass is 9.98. The van der Waals surface area contributed by atoms with Crippen molar-refractivity contribution >= 4 is 46.2 Å². The average molecular weight is 504 g/mol. The highest BCUT2D eigenvalue weighted by atomic mass is 35.5.